The highest BCUT2D eigenvalue weighted by Crippen LogP contribution is 2.22. The summed E-state index contributed by atoms with van der Waals surface area (Å²) in [5.74, 6) is 1.48. The molecule has 2 N–H and O–H groups in total. The van der Waals surface area contributed by atoms with Gasteiger partial charge < -0.3 is 9.42 Å². The first kappa shape index (κ1) is 22.1. The first-order valence-electron chi connectivity index (χ1n) is 11.0. The summed E-state index contributed by atoms with van der Waals surface area (Å²) in [5, 5.41) is 13.8. The van der Waals surface area contributed by atoms with Crippen LogP contribution in [0.3, 0.4) is 0 Å². The molecule has 0 aliphatic carbocycles. The maximum Gasteiger partial charge on any atom is 0.244 e. The first-order chi connectivity index (χ1) is 15.5. The second kappa shape index (κ2) is 10.0. The van der Waals surface area contributed by atoms with Gasteiger partial charge in [-0.05, 0) is 18.4 Å². The quantitative estimate of drug-likeness (QED) is 0.547. The molecule has 0 bridgehead atoms. The van der Waals surface area contributed by atoms with E-state index in [1.54, 1.807) is 0 Å². The minimum Gasteiger partial charge on any atom is -0.339 e. The van der Waals surface area contributed by atoms with E-state index < -0.39 is 0 Å². The fourth-order valence-electron chi connectivity index (χ4n) is 3.91. The molecule has 1 aliphatic heterocycles. The van der Waals surface area contributed by atoms with Crippen LogP contribution >= 0.6 is 0 Å². The predicted octanol–water partition coefficient (Wildman–Crippen LogP) is 1.79. The van der Waals surface area contributed by atoms with E-state index in [4.69, 9.17) is 4.52 Å². The fraction of sp³-hybridized carbons (Fsp3) is 0.500. The molecule has 3 aromatic rings. The lowest BCUT2D eigenvalue weighted by molar-refractivity contribution is -0.132. The van der Waals surface area contributed by atoms with Crippen LogP contribution in [-0.2, 0) is 11.3 Å². The minimum atomic E-state index is -0.231. The highest BCUT2D eigenvalue weighted by Gasteiger charge is 2.26. The van der Waals surface area contributed by atoms with Crippen LogP contribution in [0.2, 0.25) is 0 Å². The van der Waals surface area contributed by atoms with Crippen molar-refractivity contribution in [2.24, 2.45) is 5.92 Å². The molecule has 0 spiro atoms. The number of hydrogen-bond acceptors (Lipinski definition) is 8. The summed E-state index contributed by atoms with van der Waals surface area (Å²) >= 11 is 0. The molecule has 2 aromatic heterocycles. The van der Waals surface area contributed by atoms with E-state index in [1.807, 2.05) is 18.7 Å². The van der Waals surface area contributed by atoms with Gasteiger partial charge >= 0.3 is 0 Å². The molecule has 3 heterocycles. The summed E-state index contributed by atoms with van der Waals surface area (Å²) in [7, 11) is 0. The third-order valence-electron chi connectivity index (χ3n) is 5.69. The van der Waals surface area contributed by atoms with Gasteiger partial charge in [0.2, 0.25) is 17.6 Å². The maximum absolute atomic E-state index is 12.8. The van der Waals surface area contributed by atoms with Crippen molar-refractivity contribution >= 4 is 5.91 Å². The van der Waals surface area contributed by atoms with Crippen molar-refractivity contribution in [1.82, 2.24) is 40.4 Å². The fourth-order valence-corrected chi connectivity index (χ4v) is 3.91. The van der Waals surface area contributed by atoms with E-state index in [0.29, 0.717) is 17.5 Å². The number of aromatic amines is 1. The Labute approximate surface area is 187 Å². The zero-order valence-corrected chi connectivity index (χ0v) is 18.8. The Kier molecular flexibility index (Phi) is 6.91. The second-order valence-electron chi connectivity index (χ2n) is 8.54. The largest absolute Gasteiger partial charge is 0.339 e. The van der Waals surface area contributed by atoms with Crippen LogP contribution in [0, 0.1) is 12.8 Å². The van der Waals surface area contributed by atoms with Gasteiger partial charge in [-0.1, -0.05) is 48.8 Å². The van der Waals surface area contributed by atoms with Gasteiger partial charge in [0.25, 0.3) is 0 Å². The molecular formula is C22H30N8O2. The second-order valence-corrected chi connectivity index (χ2v) is 8.54. The summed E-state index contributed by atoms with van der Waals surface area (Å²) in [5.41, 5.74) is 2.59. The molecule has 10 heteroatoms. The van der Waals surface area contributed by atoms with E-state index in [1.165, 1.54) is 17.5 Å². The number of nitrogens with one attached hydrogen (secondary N) is 2. The number of benzene rings is 1. The average Bonchev–Trinajstić information content (AvgIpc) is 3.46. The number of rotatable bonds is 8. The SMILES string of the molecule is Cc1cccc(CN2CCN(C(=O)CNC(c3nc(-c4ncn[nH]4)no3)C(C)C)CC2)c1. The Morgan fingerprint density at radius 3 is 2.75 bits per heavy atom. The van der Waals surface area contributed by atoms with Crippen LogP contribution in [0.4, 0.5) is 0 Å². The van der Waals surface area contributed by atoms with Crippen LogP contribution in [-0.4, -0.2) is 73.8 Å². The van der Waals surface area contributed by atoms with Crippen molar-refractivity contribution in [2.45, 2.75) is 33.4 Å². The minimum absolute atomic E-state index is 0.0841. The monoisotopic (exact) mass is 438 g/mol. The summed E-state index contributed by atoms with van der Waals surface area (Å²) < 4.78 is 5.43. The summed E-state index contributed by atoms with van der Waals surface area (Å²) in [6.07, 6.45) is 1.39. The van der Waals surface area contributed by atoms with Gasteiger partial charge in [-0.25, -0.2) is 4.98 Å². The number of carbonyl (C=O) groups excluding carboxylic acids is 1. The van der Waals surface area contributed by atoms with Crippen LogP contribution in [0.15, 0.2) is 35.1 Å². The first-order valence-corrected chi connectivity index (χ1v) is 11.0. The summed E-state index contributed by atoms with van der Waals surface area (Å²) in [4.78, 5) is 25.6. The third-order valence-corrected chi connectivity index (χ3v) is 5.69. The molecule has 1 saturated heterocycles. The number of carbonyl (C=O) groups is 1. The van der Waals surface area contributed by atoms with Gasteiger partial charge in [0.05, 0.1) is 12.6 Å². The Bertz CT molecular complexity index is 1010. The molecule has 1 atom stereocenters. The van der Waals surface area contributed by atoms with Crippen molar-refractivity contribution in [3.8, 4) is 11.6 Å². The zero-order valence-electron chi connectivity index (χ0n) is 18.8. The van der Waals surface area contributed by atoms with E-state index in [-0.39, 0.29) is 24.4 Å². The molecule has 1 aliphatic rings. The number of piperazine rings is 1. The maximum atomic E-state index is 12.8. The smallest absolute Gasteiger partial charge is 0.244 e. The highest BCUT2D eigenvalue weighted by molar-refractivity contribution is 5.78. The number of H-pyrrole nitrogens is 1. The van der Waals surface area contributed by atoms with Gasteiger partial charge in [-0.15, -0.1) is 0 Å². The Balaban J connectivity index is 1.28. The molecule has 170 valence electrons. The highest BCUT2D eigenvalue weighted by atomic mass is 16.5. The molecule has 1 unspecified atom stereocenters. The van der Waals surface area contributed by atoms with Crippen LogP contribution in [0.5, 0.6) is 0 Å². The molecule has 0 saturated carbocycles. The van der Waals surface area contributed by atoms with E-state index >= 15 is 0 Å². The lowest BCUT2D eigenvalue weighted by Crippen LogP contribution is -2.50. The topological polar surface area (TPSA) is 116 Å². The molecule has 1 amide bonds. The molecule has 32 heavy (non-hydrogen) atoms. The Morgan fingerprint density at radius 2 is 2.06 bits per heavy atom. The van der Waals surface area contributed by atoms with Gasteiger partial charge in [0, 0.05) is 32.7 Å². The van der Waals surface area contributed by atoms with Gasteiger partial charge in [0.1, 0.15) is 6.33 Å². The normalized spacial score (nSPS) is 15.9. The van der Waals surface area contributed by atoms with Crippen molar-refractivity contribution < 1.29 is 9.32 Å². The predicted molar refractivity (Wildman–Crippen MR) is 118 cm³/mol. The lowest BCUT2D eigenvalue weighted by Gasteiger charge is -2.35. The Hall–Kier alpha value is -3.11. The Morgan fingerprint density at radius 1 is 1.25 bits per heavy atom. The molecule has 1 fully saturated rings. The van der Waals surface area contributed by atoms with Crippen molar-refractivity contribution in [3.63, 3.8) is 0 Å². The number of nitrogens with zero attached hydrogens (tertiary/aromatic N) is 6. The molecular weight excluding hydrogens is 408 g/mol. The third kappa shape index (κ3) is 5.38. The number of amides is 1. The van der Waals surface area contributed by atoms with Crippen molar-refractivity contribution in [3.05, 3.63) is 47.6 Å². The van der Waals surface area contributed by atoms with Crippen LogP contribution in [0.1, 0.15) is 36.9 Å². The number of hydrogen-bond donors (Lipinski definition) is 2. The zero-order chi connectivity index (χ0) is 22.5. The van der Waals surface area contributed by atoms with Gasteiger partial charge in [-0.3, -0.25) is 20.1 Å². The summed E-state index contributed by atoms with van der Waals surface area (Å²) in [6, 6.07) is 8.36. The molecule has 4 rings (SSSR count). The number of aromatic nitrogens is 5. The number of aryl methyl sites for hydroxylation is 1. The van der Waals surface area contributed by atoms with Gasteiger partial charge in [-0.2, -0.15) is 10.1 Å². The lowest BCUT2D eigenvalue weighted by atomic mass is 10.0. The van der Waals surface area contributed by atoms with E-state index in [2.05, 4.69) is 66.7 Å². The van der Waals surface area contributed by atoms with E-state index in [0.717, 1.165) is 32.7 Å². The van der Waals surface area contributed by atoms with Crippen LogP contribution < -0.4 is 5.32 Å². The van der Waals surface area contributed by atoms with E-state index in [9.17, 15) is 4.79 Å². The van der Waals surface area contributed by atoms with Crippen molar-refractivity contribution in [2.75, 3.05) is 32.7 Å². The van der Waals surface area contributed by atoms with Crippen molar-refractivity contribution in [1.29, 1.82) is 0 Å². The van der Waals surface area contributed by atoms with Gasteiger partial charge in [0.15, 0.2) is 5.82 Å². The summed E-state index contributed by atoms with van der Waals surface area (Å²) in [6.45, 7) is 10.6. The molecule has 10 nitrogen and oxygen atoms in total. The molecule has 1 aromatic carbocycles. The van der Waals surface area contributed by atoms with Crippen LogP contribution in [0.25, 0.3) is 11.6 Å². The molecule has 0 radical (unpaired) electrons. The standard InChI is InChI=1S/C22H30N8O2/c1-15(2)19(22-26-21(28-32-22)20-24-14-25-27-20)23-12-18(31)30-9-7-29(8-10-30)13-17-6-4-5-16(3)11-17/h4-6,11,14-15,19,23H,7-10,12-13H2,1-3H3,(H,24,25,27). The average molecular weight is 439 g/mol.